The molecule has 4 amide bonds. The molecule has 3 aromatic carbocycles. The first kappa shape index (κ1) is 22.3. The number of halogens is 1. The first-order valence-corrected chi connectivity index (χ1v) is 10.7. The SMILES string of the molecule is Cc1cccc(N2C(=O)NC(=O)/C(=C/c3cccc(OCc4ccccc4Cl)c3)C2=O)c1C. The third-order valence-electron chi connectivity index (χ3n) is 5.44. The minimum atomic E-state index is -0.771. The Kier molecular flexibility index (Phi) is 6.29. The molecule has 7 heteroatoms. The second-order valence-corrected chi connectivity index (χ2v) is 8.04. The number of amides is 4. The topological polar surface area (TPSA) is 75.7 Å². The van der Waals surface area contributed by atoms with Crippen molar-refractivity contribution in [3.63, 3.8) is 0 Å². The van der Waals surface area contributed by atoms with Crippen LogP contribution in [-0.2, 0) is 16.2 Å². The number of anilines is 1. The molecule has 1 heterocycles. The van der Waals surface area contributed by atoms with Crippen molar-refractivity contribution in [3.8, 4) is 5.75 Å². The standard InChI is InChI=1S/C26H21ClN2O4/c1-16-7-5-12-23(17(16)2)29-25(31)21(24(30)28-26(29)32)14-18-8-6-10-20(13-18)33-15-19-9-3-4-11-22(19)27/h3-14H,15H2,1-2H3,(H,28,30,32)/b21-14-. The number of imide groups is 2. The van der Waals surface area contributed by atoms with Gasteiger partial charge in [0, 0.05) is 10.6 Å². The number of aryl methyl sites for hydroxylation is 1. The number of benzene rings is 3. The highest BCUT2D eigenvalue weighted by Crippen LogP contribution is 2.27. The molecule has 3 aromatic rings. The van der Waals surface area contributed by atoms with E-state index in [0.717, 1.165) is 21.6 Å². The quantitative estimate of drug-likeness (QED) is 0.419. The molecule has 166 valence electrons. The zero-order valence-electron chi connectivity index (χ0n) is 18.1. The third-order valence-corrected chi connectivity index (χ3v) is 5.81. The van der Waals surface area contributed by atoms with Crippen LogP contribution in [0.3, 0.4) is 0 Å². The highest BCUT2D eigenvalue weighted by molar-refractivity contribution is 6.39. The average molecular weight is 461 g/mol. The number of nitrogens with zero attached hydrogens (tertiary/aromatic N) is 1. The van der Waals surface area contributed by atoms with E-state index in [-0.39, 0.29) is 12.2 Å². The lowest BCUT2D eigenvalue weighted by atomic mass is 10.0. The summed E-state index contributed by atoms with van der Waals surface area (Å²) in [5.41, 5.74) is 3.43. The van der Waals surface area contributed by atoms with E-state index in [1.807, 2.05) is 38.1 Å². The maximum absolute atomic E-state index is 13.2. The van der Waals surface area contributed by atoms with Gasteiger partial charge in [-0.25, -0.2) is 9.69 Å². The number of barbiturate groups is 1. The average Bonchev–Trinajstić information content (AvgIpc) is 2.79. The molecule has 1 fully saturated rings. The first-order chi connectivity index (χ1) is 15.8. The van der Waals surface area contributed by atoms with Gasteiger partial charge in [-0.2, -0.15) is 0 Å². The van der Waals surface area contributed by atoms with E-state index in [4.69, 9.17) is 16.3 Å². The molecule has 0 spiro atoms. The van der Waals surface area contributed by atoms with E-state index >= 15 is 0 Å². The summed E-state index contributed by atoms with van der Waals surface area (Å²) in [7, 11) is 0. The second-order valence-electron chi connectivity index (χ2n) is 7.63. The van der Waals surface area contributed by atoms with Gasteiger partial charge < -0.3 is 4.74 Å². The summed E-state index contributed by atoms with van der Waals surface area (Å²) in [5.74, 6) is -0.871. The van der Waals surface area contributed by atoms with Gasteiger partial charge in [0.15, 0.2) is 0 Å². The Bertz CT molecular complexity index is 1300. The van der Waals surface area contributed by atoms with Crippen molar-refractivity contribution < 1.29 is 19.1 Å². The van der Waals surface area contributed by atoms with Crippen molar-refractivity contribution in [3.05, 3.63) is 99.6 Å². The van der Waals surface area contributed by atoms with Crippen molar-refractivity contribution in [2.45, 2.75) is 20.5 Å². The number of carbonyl (C=O) groups excluding carboxylic acids is 3. The van der Waals surface area contributed by atoms with Crippen LogP contribution in [0.1, 0.15) is 22.3 Å². The zero-order valence-corrected chi connectivity index (χ0v) is 18.8. The van der Waals surface area contributed by atoms with Crippen molar-refractivity contribution in [2.24, 2.45) is 0 Å². The van der Waals surface area contributed by atoms with E-state index in [9.17, 15) is 14.4 Å². The first-order valence-electron chi connectivity index (χ1n) is 10.3. The van der Waals surface area contributed by atoms with Gasteiger partial charge in [0.1, 0.15) is 17.9 Å². The van der Waals surface area contributed by atoms with Crippen LogP contribution in [0.25, 0.3) is 6.08 Å². The molecule has 0 saturated carbocycles. The van der Waals surface area contributed by atoms with Crippen molar-refractivity contribution in [1.82, 2.24) is 5.32 Å². The lowest BCUT2D eigenvalue weighted by Gasteiger charge is -2.28. The van der Waals surface area contributed by atoms with E-state index < -0.39 is 17.8 Å². The fourth-order valence-electron chi connectivity index (χ4n) is 3.49. The maximum Gasteiger partial charge on any atom is 0.335 e. The van der Waals surface area contributed by atoms with E-state index in [0.29, 0.717) is 22.0 Å². The highest BCUT2D eigenvalue weighted by atomic mass is 35.5. The van der Waals surface area contributed by atoms with Crippen molar-refractivity contribution in [1.29, 1.82) is 0 Å². The summed E-state index contributed by atoms with van der Waals surface area (Å²) in [5, 5.41) is 2.86. The summed E-state index contributed by atoms with van der Waals surface area (Å²) in [6, 6.07) is 18.9. The molecule has 1 aliphatic heterocycles. The summed E-state index contributed by atoms with van der Waals surface area (Å²) in [6.07, 6.45) is 1.45. The van der Waals surface area contributed by atoms with Crippen LogP contribution in [-0.4, -0.2) is 17.8 Å². The normalized spacial score (nSPS) is 15.1. The fraction of sp³-hybridized carbons (Fsp3) is 0.115. The molecule has 0 radical (unpaired) electrons. The zero-order chi connectivity index (χ0) is 23.5. The van der Waals surface area contributed by atoms with Crippen LogP contribution in [0.15, 0.2) is 72.3 Å². The minimum Gasteiger partial charge on any atom is -0.489 e. The van der Waals surface area contributed by atoms with Crippen LogP contribution in [0, 0.1) is 13.8 Å². The Morgan fingerprint density at radius 1 is 0.970 bits per heavy atom. The van der Waals surface area contributed by atoms with Gasteiger partial charge in [-0.15, -0.1) is 0 Å². The molecule has 33 heavy (non-hydrogen) atoms. The number of hydrogen-bond donors (Lipinski definition) is 1. The highest BCUT2D eigenvalue weighted by Gasteiger charge is 2.37. The predicted octanol–water partition coefficient (Wildman–Crippen LogP) is 5.20. The number of ether oxygens (including phenoxy) is 1. The molecule has 6 nitrogen and oxygen atoms in total. The largest absolute Gasteiger partial charge is 0.489 e. The van der Waals surface area contributed by atoms with Crippen LogP contribution < -0.4 is 15.0 Å². The Labute approximate surface area is 196 Å². The second kappa shape index (κ2) is 9.30. The number of urea groups is 1. The van der Waals surface area contributed by atoms with Gasteiger partial charge in [-0.1, -0.05) is 54.1 Å². The van der Waals surface area contributed by atoms with Crippen LogP contribution in [0.2, 0.25) is 5.02 Å². The Morgan fingerprint density at radius 3 is 2.52 bits per heavy atom. The summed E-state index contributed by atoms with van der Waals surface area (Å²) < 4.78 is 5.83. The van der Waals surface area contributed by atoms with Crippen LogP contribution in [0.5, 0.6) is 5.75 Å². The molecule has 1 aliphatic rings. The number of carbonyl (C=O) groups is 3. The summed E-state index contributed by atoms with van der Waals surface area (Å²) in [4.78, 5) is 39.2. The minimum absolute atomic E-state index is 0.140. The smallest absolute Gasteiger partial charge is 0.335 e. The molecule has 0 unspecified atom stereocenters. The van der Waals surface area contributed by atoms with Crippen LogP contribution in [0.4, 0.5) is 10.5 Å². The molecule has 0 bridgehead atoms. The third kappa shape index (κ3) is 4.66. The Hall–Kier alpha value is -3.90. The van der Waals surface area contributed by atoms with Gasteiger partial charge in [0.05, 0.1) is 5.69 Å². The molecule has 1 N–H and O–H groups in total. The van der Waals surface area contributed by atoms with Gasteiger partial charge in [0.25, 0.3) is 11.8 Å². The molecule has 4 rings (SSSR count). The lowest BCUT2D eigenvalue weighted by Crippen LogP contribution is -2.54. The number of nitrogens with one attached hydrogen (secondary N) is 1. The van der Waals surface area contributed by atoms with Crippen LogP contribution >= 0.6 is 11.6 Å². The monoisotopic (exact) mass is 460 g/mol. The lowest BCUT2D eigenvalue weighted by molar-refractivity contribution is -0.122. The van der Waals surface area contributed by atoms with Crippen molar-refractivity contribution >= 4 is 41.2 Å². The van der Waals surface area contributed by atoms with E-state index in [1.54, 1.807) is 42.5 Å². The van der Waals surface area contributed by atoms with Gasteiger partial charge in [-0.3, -0.25) is 14.9 Å². The van der Waals surface area contributed by atoms with Gasteiger partial charge in [-0.05, 0) is 60.9 Å². The molecule has 1 saturated heterocycles. The molecular formula is C26H21ClN2O4. The Balaban J connectivity index is 1.61. The fourth-order valence-corrected chi connectivity index (χ4v) is 3.68. The molecule has 0 aliphatic carbocycles. The van der Waals surface area contributed by atoms with Gasteiger partial charge in [0.2, 0.25) is 0 Å². The molecule has 0 atom stereocenters. The van der Waals surface area contributed by atoms with Crippen molar-refractivity contribution in [2.75, 3.05) is 4.90 Å². The maximum atomic E-state index is 13.2. The molecule has 0 aromatic heterocycles. The predicted molar refractivity (Wildman–Crippen MR) is 127 cm³/mol. The van der Waals surface area contributed by atoms with Gasteiger partial charge >= 0.3 is 6.03 Å². The summed E-state index contributed by atoms with van der Waals surface area (Å²) in [6.45, 7) is 3.99. The number of hydrogen-bond acceptors (Lipinski definition) is 4. The van der Waals surface area contributed by atoms with E-state index in [2.05, 4.69) is 5.32 Å². The number of rotatable bonds is 5. The summed E-state index contributed by atoms with van der Waals surface area (Å²) >= 11 is 6.18. The Morgan fingerprint density at radius 2 is 1.73 bits per heavy atom. The molecular weight excluding hydrogens is 440 g/mol. The van der Waals surface area contributed by atoms with E-state index in [1.165, 1.54) is 6.08 Å².